The number of anilines is 1. The number of rotatable bonds is 3. The molecule has 2 aliphatic heterocycles. The zero-order chi connectivity index (χ0) is 16.6. The van der Waals surface area contributed by atoms with E-state index in [1.54, 1.807) is 18.2 Å². The van der Waals surface area contributed by atoms with Gasteiger partial charge in [-0.05, 0) is 24.7 Å². The lowest BCUT2D eigenvalue weighted by atomic mass is 10.1. The fraction of sp³-hybridized carbons (Fsp3) is 0.500. The molecule has 0 spiro atoms. The average molecular weight is 356 g/mol. The van der Waals surface area contributed by atoms with Gasteiger partial charge in [-0.2, -0.15) is 0 Å². The highest BCUT2D eigenvalue weighted by molar-refractivity contribution is 6.38. The Labute approximate surface area is 145 Å². The van der Waals surface area contributed by atoms with Gasteiger partial charge in [0, 0.05) is 31.2 Å². The number of amides is 2. The Morgan fingerprint density at radius 2 is 1.83 bits per heavy atom. The van der Waals surface area contributed by atoms with Gasteiger partial charge in [0.25, 0.3) is 5.91 Å². The topological polar surface area (TPSA) is 43.9 Å². The number of benzene rings is 1. The maximum Gasteiger partial charge on any atom is 0.251 e. The van der Waals surface area contributed by atoms with Crippen LogP contribution in [-0.4, -0.2) is 60.4 Å². The van der Waals surface area contributed by atoms with Crippen molar-refractivity contribution >= 4 is 40.7 Å². The van der Waals surface area contributed by atoms with Gasteiger partial charge in [0.15, 0.2) is 0 Å². The van der Waals surface area contributed by atoms with E-state index < -0.39 is 0 Å². The molecule has 2 heterocycles. The number of carbonyl (C=O) groups excluding carboxylic acids is 2. The molecule has 0 aliphatic carbocycles. The molecule has 124 valence electrons. The minimum absolute atomic E-state index is 0.191. The fourth-order valence-corrected chi connectivity index (χ4v) is 3.70. The van der Waals surface area contributed by atoms with Crippen molar-refractivity contribution in [2.45, 2.75) is 19.4 Å². The maximum absolute atomic E-state index is 12.8. The molecule has 5 nitrogen and oxygen atoms in total. The number of imide groups is 1. The molecule has 0 bridgehead atoms. The maximum atomic E-state index is 12.8. The summed E-state index contributed by atoms with van der Waals surface area (Å²) in [6.07, 6.45) is 0.212. The van der Waals surface area contributed by atoms with Crippen molar-refractivity contribution in [2.24, 2.45) is 0 Å². The van der Waals surface area contributed by atoms with Gasteiger partial charge in [-0.25, -0.2) is 4.90 Å². The summed E-state index contributed by atoms with van der Waals surface area (Å²) in [6, 6.07) is 4.43. The van der Waals surface area contributed by atoms with Crippen LogP contribution in [0.3, 0.4) is 0 Å². The van der Waals surface area contributed by atoms with Gasteiger partial charge in [0.1, 0.15) is 0 Å². The van der Waals surface area contributed by atoms with Gasteiger partial charge in [0.05, 0.1) is 23.2 Å². The molecule has 1 aromatic rings. The van der Waals surface area contributed by atoms with Crippen LogP contribution in [-0.2, 0) is 9.59 Å². The van der Waals surface area contributed by atoms with E-state index in [-0.39, 0.29) is 24.3 Å². The van der Waals surface area contributed by atoms with Crippen molar-refractivity contribution < 1.29 is 9.59 Å². The van der Waals surface area contributed by atoms with Gasteiger partial charge >= 0.3 is 0 Å². The highest BCUT2D eigenvalue weighted by Crippen LogP contribution is 2.33. The number of piperazine rings is 1. The first-order valence-electron chi connectivity index (χ1n) is 7.79. The van der Waals surface area contributed by atoms with Crippen LogP contribution < -0.4 is 4.90 Å². The standard InChI is InChI=1S/C16H19Cl2N3O2/c1-2-19-5-7-20(8-6-19)14-10-15(22)21(16(14)23)13-4-3-11(17)9-12(13)18/h3-4,9,14H,2,5-8,10H2,1H3/t14-/m1/s1. The Balaban J connectivity index is 1.78. The Bertz CT molecular complexity index is 630. The van der Waals surface area contributed by atoms with E-state index in [1.165, 1.54) is 4.90 Å². The number of halogens is 2. The van der Waals surface area contributed by atoms with Crippen molar-refractivity contribution in [1.82, 2.24) is 9.80 Å². The average Bonchev–Trinajstić information content (AvgIpc) is 2.83. The normalized spacial score (nSPS) is 23.8. The molecule has 0 N–H and O–H groups in total. The zero-order valence-electron chi connectivity index (χ0n) is 13.0. The molecule has 2 aliphatic rings. The van der Waals surface area contributed by atoms with E-state index in [2.05, 4.69) is 16.7 Å². The van der Waals surface area contributed by atoms with Crippen molar-refractivity contribution in [3.05, 3.63) is 28.2 Å². The van der Waals surface area contributed by atoms with Gasteiger partial charge in [-0.15, -0.1) is 0 Å². The van der Waals surface area contributed by atoms with E-state index in [4.69, 9.17) is 23.2 Å². The number of hydrogen-bond acceptors (Lipinski definition) is 4. The summed E-state index contributed by atoms with van der Waals surface area (Å²) in [5, 5.41) is 0.792. The van der Waals surface area contributed by atoms with Gasteiger partial charge < -0.3 is 4.90 Å². The third-order valence-electron chi connectivity index (χ3n) is 4.57. The molecule has 3 rings (SSSR count). The Kier molecular flexibility index (Phi) is 4.92. The first-order chi connectivity index (χ1) is 11.0. The Morgan fingerprint density at radius 3 is 2.43 bits per heavy atom. The number of carbonyl (C=O) groups is 2. The molecule has 1 aromatic carbocycles. The molecule has 2 saturated heterocycles. The van der Waals surface area contributed by atoms with E-state index in [0.29, 0.717) is 15.7 Å². The van der Waals surface area contributed by atoms with Gasteiger partial charge in [0.2, 0.25) is 5.91 Å². The molecule has 23 heavy (non-hydrogen) atoms. The lowest BCUT2D eigenvalue weighted by molar-refractivity contribution is -0.123. The van der Waals surface area contributed by atoms with Crippen molar-refractivity contribution in [3.8, 4) is 0 Å². The van der Waals surface area contributed by atoms with E-state index >= 15 is 0 Å². The molecule has 0 aromatic heterocycles. The molecular weight excluding hydrogens is 337 g/mol. The van der Waals surface area contributed by atoms with Crippen LogP contribution >= 0.6 is 23.2 Å². The van der Waals surface area contributed by atoms with Gasteiger partial charge in [-0.1, -0.05) is 30.1 Å². The van der Waals surface area contributed by atoms with Gasteiger partial charge in [-0.3, -0.25) is 14.5 Å². The number of hydrogen-bond donors (Lipinski definition) is 0. The van der Waals surface area contributed by atoms with Crippen LogP contribution in [0.1, 0.15) is 13.3 Å². The predicted molar refractivity (Wildman–Crippen MR) is 91.0 cm³/mol. The summed E-state index contributed by atoms with van der Waals surface area (Å²) in [5.74, 6) is -0.397. The quantitative estimate of drug-likeness (QED) is 0.780. The third kappa shape index (κ3) is 3.24. The smallest absolute Gasteiger partial charge is 0.251 e. The summed E-state index contributed by atoms with van der Waals surface area (Å²) in [4.78, 5) is 30.8. The molecule has 0 radical (unpaired) electrons. The molecule has 7 heteroatoms. The Morgan fingerprint density at radius 1 is 1.13 bits per heavy atom. The van der Waals surface area contributed by atoms with Crippen LogP contribution in [0.4, 0.5) is 5.69 Å². The zero-order valence-corrected chi connectivity index (χ0v) is 14.5. The third-order valence-corrected chi connectivity index (χ3v) is 5.11. The van der Waals surface area contributed by atoms with Crippen molar-refractivity contribution in [1.29, 1.82) is 0 Å². The summed E-state index contributed by atoms with van der Waals surface area (Å²) in [7, 11) is 0. The SMILES string of the molecule is CCN1CCN([C@@H]2CC(=O)N(c3ccc(Cl)cc3Cl)C2=O)CC1. The summed E-state index contributed by atoms with van der Waals surface area (Å²) >= 11 is 12.0. The number of nitrogens with zero attached hydrogens (tertiary/aromatic N) is 3. The van der Waals surface area contributed by atoms with E-state index in [9.17, 15) is 9.59 Å². The minimum Gasteiger partial charge on any atom is -0.301 e. The predicted octanol–water partition coefficient (Wildman–Crippen LogP) is 2.26. The molecule has 2 amide bonds. The van der Waals surface area contributed by atoms with Crippen molar-refractivity contribution in [2.75, 3.05) is 37.6 Å². The fourth-order valence-electron chi connectivity index (χ4n) is 3.21. The second-order valence-corrected chi connectivity index (χ2v) is 6.70. The monoisotopic (exact) mass is 355 g/mol. The highest BCUT2D eigenvalue weighted by atomic mass is 35.5. The van der Waals surface area contributed by atoms with E-state index in [0.717, 1.165) is 32.7 Å². The van der Waals surface area contributed by atoms with Crippen LogP contribution in [0.5, 0.6) is 0 Å². The van der Waals surface area contributed by atoms with Crippen LogP contribution in [0.25, 0.3) is 0 Å². The van der Waals surface area contributed by atoms with Crippen LogP contribution in [0.15, 0.2) is 18.2 Å². The summed E-state index contributed by atoms with van der Waals surface area (Å²) in [5.41, 5.74) is 0.417. The summed E-state index contributed by atoms with van der Waals surface area (Å²) < 4.78 is 0. The first-order valence-corrected chi connectivity index (χ1v) is 8.55. The molecule has 0 saturated carbocycles. The van der Waals surface area contributed by atoms with Crippen molar-refractivity contribution in [3.63, 3.8) is 0 Å². The molecular formula is C16H19Cl2N3O2. The second-order valence-electron chi connectivity index (χ2n) is 5.85. The number of likely N-dealkylation sites (N-methyl/N-ethyl adjacent to an activating group) is 1. The molecule has 0 unspecified atom stereocenters. The van der Waals surface area contributed by atoms with Crippen LogP contribution in [0.2, 0.25) is 10.0 Å². The van der Waals surface area contributed by atoms with Crippen LogP contribution in [0, 0.1) is 0 Å². The largest absolute Gasteiger partial charge is 0.301 e. The lowest BCUT2D eigenvalue weighted by Gasteiger charge is -2.36. The molecule has 2 fully saturated rings. The Hall–Kier alpha value is -1.14. The molecule has 1 atom stereocenters. The minimum atomic E-state index is -0.381. The lowest BCUT2D eigenvalue weighted by Crippen LogP contribution is -2.52. The highest BCUT2D eigenvalue weighted by Gasteiger charge is 2.43. The second kappa shape index (κ2) is 6.77. The van der Waals surface area contributed by atoms with E-state index in [1.807, 2.05) is 0 Å². The summed E-state index contributed by atoms with van der Waals surface area (Å²) in [6.45, 7) is 6.61. The first kappa shape index (κ1) is 16.7.